The molecule has 1 aliphatic rings. The number of anilines is 1. The number of nitrogens with zero attached hydrogens (tertiary/aromatic N) is 4. The van der Waals surface area contributed by atoms with Crippen molar-refractivity contribution >= 4 is 44.9 Å². The zero-order chi connectivity index (χ0) is 26.2. The van der Waals surface area contributed by atoms with Crippen molar-refractivity contribution in [3.8, 4) is 33.9 Å². The number of hydrogen-bond donors (Lipinski definition) is 3. The van der Waals surface area contributed by atoms with Crippen molar-refractivity contribution in [2.45, 2.75) is 38.5 Å². The standard InChI is InChI=1S/C30H27N7OS/c38-26(12-18-4-2-1-3-5-18)33-22-13-21(15-31-16-22)19-6-7-24-23(14-19)28(37-36-24)30-34-25-8-10-32-27(29(25)35-30)20-9-11-39-17-20/h6-11,13-18H,1-5,12H2,(H,33,38)(H,34,35)(H,36,37). The average Bonchev–Trinajstić information content (AvgIpc) is 3.73. The molecule has 0 saturated heterocycles. The van der Waals surface area contributed by atoms with Gasteiger partial charge in [0.25, 0.3) is 0 Å². The molecule has 1 saturated carbocycles. The van der Waals surface area contributed by atoms with E-state index in [0.717, 1.165) is 62.9 Å². The lowest BCUT2D eigenvalue weighted by Gasteiger charge is -2.20. The highest BCUT2D eigenvalue weighted by Gasteiger charge is 2.18. The van der Waals surface area contributed by atoms with Gasteiger partial charge in [-0.1, -0.05) is 25.3 Å². The molecule has 0 atom stereocenters. The van der Waals surface area contributed by atoms with Crippen molar-refractivity contribution in [2.24, 2.45) is 5.92 Å². The van der Waals surface area contributed by atoms with Crippen LogP contribution >= 0.6 is 11.3 Å². The van der Waals surface area contributed by atoms with E-state index in [2.05, 4.69) is 48.0 Å². The van der Waals surface area contributed by atoms with Crippen LogP contribution in [-0.4, -0.2) is 36.0 Å². The Kier molecular flexibility index (Phi) is 6.13. The number of H-pyrrole nitrogens is 2. The Morgan fingerprint density at radius 2 is 1.90 bits per heavy atom. The van der Waals surface area contributed by atoms with Crippen molar-refractivity contribution in [1.29, 1.82) is 0 Å². The molecule has 39 heavy (non-hydrogen) atoms. The summed E-state index contributed by atoms with van der Waals surface area (Å²) in [7, 11) is 0. The van der Waals surface area contributed by atoms with E-state index >= 15 is 0 Å². The van der Waals surface area contributed by atoms with Crippen molar-refractivity contribution in [1.82, 2.24) is 30.1 Å². The number of aromatic amines is 2. The third-order valence-electron chi connectivity index (χ3n) is 7.54. The van der Waals surface area contributed by atoms with E-state index in [1.54, 1.807) is 23.7 Å². The molecule has 194 valence electrons. The van der Waals surface area contributed by atoms with Crippen LogP contribution < -0.4 is 5.32 Å². The highest BCUT2D eigenvalue weighted by Crippen LogP contribution is 2.33. The number of carbonyl (C=O) groups excluding carboxylic acids is 1. The van der Waals surface area contributed by atoms with Gasteiger partial charge in [-0.05, 0) is 60.0 Å². The van der Waals surface area contributed by atoms with E-state index in [1.165, 1.54) is 19.3 Å². The van der Waals surface area contributed by atoms with E-state index in [4.69, 9.17) is 4.98 Å². The molecule has 9 heteroatoms. The number of benzene rings is 1. The van der Waals surface area contributed by atoms with Gasteiger partial charge >= 0.3 is 0 Å². The van der Waals surface area contributed by atoms with Crippen LogP contribution in [0.15, 0.2) is 65.7 Å². The third kappa shape index (κ3) is 4.70. The van der Waals surface area contributed by atoms with Crippen LogP contribution in [-0.2, 0) is 4.79 Å². The van der Waals surface area contributed by atoms with Crippen LogP contribution in [0.3, 0.4) is 0 Å². The van der Waals surface area contributed by atoms with E-state index < -0.39 is 0 Å². The third-order valence-corrected chi connectivity index (χ3v) is 8.22. The molecule has 1 aliphatic carbocycles. The van der Waals surface area contributed by atoms with Crippen LogP contribution in [0, 0.1) is 5.92 Å². The molecule has 0 radical (unpaired) electrons. The van der Waals surface area contributed by atoms with E-state index in [0.29, 0.717) is 23.9 Å². The molecule has 1 aromatic carbocycles. The van der Waals surface area contributed by atoms with Crippen LogP contribution in [0.5, 0.6) is 0 Å². The summed E-state index contributed by atoms with van der Waals surface area (Å²) >= 11 is 1.64. The summed E-state index contributed by atoms with van der Waals surface area (Å²) < 4.78 is 0. The van der Waals surface area contributed by atoms with Crippen LogP contribution in [0.1, 0.15) is 38.5 Å². The Balaban J connectivity index is 1.19. The van der Waals surface area contributed by atoms with Crippen LogP contribution in [0.25, 0.3) is 55.8 Å². The smallest absolute Gasteiger partial charge is 0.224 e. The van der Waals surface area contributed by atoms with E-state index in [9.17, 15) is 4.79 Å². The van der Waals surface area contributed by atoms with Gasteiger partial charge in [0.1, 0.15) is 11.2 Å². The minimum atomic E-state index is 0.0645. The minimum Gasteiger partial charge on any atom is -0.336 e. The Morgan fingerprint density at radius 3 is 2.77 bits per heavy atom. The summed E-state index contributed by atoms with van der Waals surface area (Å²) in [6.45, 7) is 0. The normalized spacial score (nSPS) is 14.3. The lowest BCUT2D eigenvalue weighted by atomic mass is 9.87. The van der Waals surface area contributed by atoms with Crippen LogP contribution in [0.2, 0.25) is 0 Å². The first-order valence-electron chi connectivity index (χ1n) is 13.3. The molecule has 8 nitrogen and oxygen atoms in total. The zero-order valence-electron chi connectivity index (χ0n) is 21.3. The van der Waals surface area contributed by atoms with E-state index in [-0.39, 0.29) is 5.91 Å². The number of carbonyl (C=O) groups is 1. The quantitative estimate of drug-likeness (QED) is 0.210. The van der Waals surface area contributed by atoms with Gasteiger partial charge in [0.05, 0.1) is 28.6 Å². The van der Waals surface area contributed by atoms with E-state index in [1.807, 2.05) is 35.8 Å². The lowest BCUT2D eigenvalue weighted by Crippen LogP contribution is -2.18. The second-order valence-electron chi connectivity index (χ2n) is 10.2. The van der Waals surface area contributed by atoms with Gasteiger partial charge in [-0.3, -0.25) is 19.9 Å². The van der Waals surface area contributed by atoms with Gasteiger partial charge < -0.3 is 10.3 Å². The number of thiophene rings is 1. The van der Waals surface area contributed by atoms with Crippen molar-refractivity contribution in [3.63, 3.8) is 0 Å². The molecule has 5 heterocycles. The fraction of sp³-hybridized carbons (Fsp3) is 0.233. The molecule has 0 aliphatic heterocycles. The molecular weight excluding hydrogens is 506 g/mol. The second-order valence-corrected chi connectivity index (χ2v) is 11.0. The molecule has 1 fully saturated rings. The molecule has 1 amide bonds. The Labute approximate surface area is 228 Å². The molecule has 0 bridgehead atoms. The van der Waals surface area contributed by atoms with Gasteiger partial charge in [0.15, 0.2) is 5.82 Å². The monoisotopic (exact) mass is 533 g/mol. The van der Waals surface area contributed by atoms with Crippen molar-refractivity contribution < 1.29 is 4.79 Å². The Bertz CT molecular complexity index is 1780. The maximum atomic E-state index is 12.7. The number of pyridine rings is 2. The first kappa shape index (κ1) is 23.7. The predicted molar refractivity (Wildman–Crippen MR) is 155 cm³/mol. The van der Waals surface area contributed by atoms with Gasteiger partial charge in [-0.2, -0.15) is 16.4 Å². The molecule has 5 aromatic heterocycles. The largest absolute Gasteiger partial charge is 0.336 e. The fourth-order valence-corrected chi connectivity index (χ4v) is 6.20. The summed E-state index contributed by atoms with van der Waals surface area (Å²) in [5, 5.41) is 15.8. The SMILES string of the molecule is O=C(CC1CCCCC1)Nc1cncc(-c2ccc3[nH]nc(-c4nc5c(-c6ccsc6)nccc5[nH]4)c3c2)c1. The molecule has 3 N–H and O–H groups in total. The van der Waals surface area contributed by atoms with Gasteiger partial charge in [-0.25, -0.2) is 4.98 Å². The summed E-state index contributed by atoms with van der Waals surface area (Å²) in [6.07, 6.45) is 11.9. The summed E-state index contributed by atoms with van der Waals surface area (Å²) in [4.78, 5) is 30.0. The van der Waals surface area contributed by atoms with Crippen LogP contribution in [0.4, 0.5) is 5.69 Å². The Hall–Kier alpha value is -4.37. The maximum absolute atomic E-state index is 12.7. The van der Waals surface area contributed by atoms with Crippen molar-refractivity contribution in [3.05, 3.63) is 65.7 Å². The van der Waals surface area contributed by atoms with Gasteiger partial charge in [0.2, 0.25) is 5.91 Å². The lowest BCUT2D eigenvalue weighted by molar-refractivity contribution is -0.117. The number of fused-ring (bicyclic) bond motifs is 2. The van der Waals surface area contributed by atoms with Gasteiger partial charge in [0, 0.05) is 40.7 Å². The van der Waals surface area contributed by atoms with Crippen molar-refractivity contribution in [2.75, 3.05) is 5.32 Å². The van der Waals surface area contributed by atoms with Gasteiger partial charge in [-0.15, -0.1) is 0 Å². The number of imidazole rings is 1. The predicted octanol–water partition coefficient (Wildman–Crippen LogP) is 7.20. The summed E-state index contributed by atoms with van der Waals surface area (Å²) in [5.74, 6) is 1.24. The average molecular weight is 534 g/mol. The number of nitrogens with one attached hydrogen (secondary N) is 3. The summed E-state index contributed by atoms with van der Waals surface area (Å²) in [6, 6.07) is 12.1. The number of rotatable bonds is 6. The fourth-order valence-electron chi connectivity index (χ4n) is 5.56. The first-order chi connectivity index (χ1) is 19.2. The number of amides is 1. The highest BCUT2D eigenvalue weighted by molar-refractivity contribution is 7.08. The first-order valence-corrected chi connectivity index (χ1v) is 14.3. The minimum absolute atomic E-state index is 0.0645. The maximum Gasteiger partial charge on any atom is 0.224 e. The highest BCUT2D eigenvalue weighted by atomic mass is 32.1. The summed E-state index contributed by atoms with van der Waals surface area (Å²) in [5.41, 5.74) is 7.91. The Morgan fingerprint density at radius 1 is 0.974 bits per heavy atom. The molecule has 7 rings (SSSR count). The second kappa shape index (κ2) is 10.1. The number of hydrogen-bond acceptors (Lipinski definition) is 6. The molecule has 0 unspecified atom stereocenters. The molecule has 0 spiro atoms. The number of aromatic nitrogens is 6. The zero-order valence-corrected chi connectivity index (χ0v) is 22.1. The molecular formula is C30H27N7OS. The molecule has 6 aromatic rings. The topological polar surface area (TPSA) is 112 Å².